The van der Waals surface area contributed by atoms with Crippen molar-refractivity contribution in [1.29, 1.82) is 0 Å². The Bertz CT molecular complexity index is 942. The SMILES string of the molecule is COc1cc(-c2c(C(C)C)cccc2C(C)C)[c-]c(-c2c(C(C)C)cccc2C(C)C)c1.[Li+]. The van der Waals surface area contributed by atoms with Gasteiger partial charge in [0.25, 0.3) is 0 Å². The summed E-state index contributed by atoms with van der Waals surface area (Å²) in [5.41, 5.74) is 10.3. The van der Waals surface area contributed by atoms with Crippen molar-refractivity contribution < 1.29 is 23.6 Å². The van der Waals surface area contributed by atoms with Gasteiger partial charge in [-0.05, 0) is 23.7 Å². The minimum Gasteiger partial charge on any atom is -0.512 e. The second kappa shape index (κ2) is 11.5. The molecule has 0 fully saturated rings. The van der Waals surface area contributed by atoms with Crippen molar-refractivity contribution in [3.05, 3.63) is 76.9 Å². The van der Waals surface area contributed by atoms with Crippen molar-refractivity contribution in [3.63, 3.8) is 0 Å². The molecular formula is C31H39LiO. The molecule has 0 aliphatic carbocycles. The second-order valence-corrected chi connectivity index (χ2v) is 10.1. The van der Waals surface area contributed by atoms with Crippen LogP contribution in [-0.4, -0.2) is 7.11 Å². The van der Waals surface area contributed by atoms with E-state index in [1.54, 1.807) is 7.11 Å². The maximum Gasteiger partial charge on any atom is 1.00 e. The van der Waals surface area contributed by atoms with Crippen molar-refractivity contribution in [2.24, 2.45) is 0 Å². The molecule has 0 heterocycles. The van der Waals surface area contributed by atoms with Gasteiger partial charge in [-0.25, -0.2) is 0 Å². The first kappa shape index (κ1) is 27.3. The van der Waals surface area contributed by atoms with Gasteiger partial charge in [-0.2, -0.15) is 0 Å². The monoisotopic (exact) mass is 434 g/mol. The summed E-state index contributed by atoms with van der Waals surface area (Å²) in [7, 11) is 1.76. The first-order chi connectivity index (χ1) is 15.1. The zero-order valence-electron chi connectivity index (χ0n) is 22.3. The topological polar surface area (TPSA) is 9.23 Å². The molecule has 0 saturated heterocycles. The average molecular weight is 435 g/mol. The number of hydrogen-bond acceptors (Lipinski definition) is 1. The fraction of sp³-hybridized carbons (Fsp3) is 0.419. The third-order valence-electron chi connectivity index (χ3n) is 6.36. The molecular weight excluding hydrogens is 395 g/mol. The van der Waals surface area contributed by atoms with Crippen LogP contribution in [0.25, 0.3) is 22.3 Å². The Balaban J connectivity index is 0.00000385. The summed E-state index contributed by atoms with van der Waals surface area (Å²) in [6.07, 6.45) is 0. The van der Waals surface area contributed by atoms with Crippen molar-refractivity contribution in [2.75, 3.05) is 7.11 Å². The molecule has 0 aliphatic rings. The summed E-state index contributed by atoms with van der Waals surface area (Å²) in [5.74, 6) is 2.61. The van der Waals surface area contributed by atoms with Crippen molar-refractivity contribution in [1.82, 2.24) is 0 Å². The summed E-state index contributed by atoms with van der Waals surface area (Å²) < 4.78 is 5.82. The molecule has 3 aromatic carbocycles. The Morgan fingerprint density at radius 3 is 1.12 bits per heavy atom. The van der Waals surface area contributed by atoms with E-state index in [-0.39, 0.29) is 18.9 Å². The quantitative estimate of drug-likeness (QED) is 0.312. The summed E-state index contributed by atoms with van der Waals surface area (Å²) >= 11 is 0. The van der Waals surface area contributed by atoms with Crippen molar-refractivity contribution in [2.45, 2.75) is 79.1 Å². The van der Waals surface area contributed by atoms with Gasteiger partial charge in [0.2, 0.25) is 0 Å². The van der Waals surface area contributed by atoms with Crippen LogP contribution in [0.15, 0.2) is 48.5 Å². The van der Waals surface area contributed by atoms with E-state index in [4.69, 9.17) is 4.74 Å². The zero-order chi connectivity index (χ0) is 23.6. The molecule has 0 spiro atoms. The smallest absolute Gasteiger partial charge is 0.512 e. The third kappa shape index (κ3) is 5.77. The summed E-state index contributed by atoms with van der Waals surface area (Å²) in [4.78, 5) is 0. The van der Waals surface area contributed by atoms with Crippen LogP contribution < -0.4 is 23.6 Å². The normalized spacial score (nSPS) is 11.4. The molecule has 0 saturated carbocycles. The Labute approximate surface area is 214 Å². The van der Waals surface area contributed by atoms with Gasteiger partial charge in [0.15, 0.2) is 0 Å². The number of benzene rings is 3. The molecule has 1 nitrogen and oxygen atoms in total. The van der Waals surface area contributed by atoms with Gasteiger partial charge in [0, 0.05) is 0 Å². The summed E-state index contributed by atoms with van der Waals surface area (Å²) in [6, 6.07) is 21.6. The van der Waals surface area contributed by atoms with E-state index in [0.29, 0.717) is 23.7 Å². The predicted molar refractivity (Wildman–Crippen MR) is 139 cm³/mol. The predicted octanol–water partition coefficient (Wildman–Crippen LogP) is 6.33. The molecule has 0 atom stereocenters. The van der Waals surface area contributed by atoms with Gasteiger partial charge in [-0.1, -0.05) is 137 Å². The first-order valence-electron chi connectivity index (χ1n) is 12.0. The number of rotatable bonds is 7. The molecule has 0 aromatic heterocycles. The molecule has 33 heavy (non-hydrogen) atoms. The Morgan fingerprint density at radius 1 is 0.576 bits per heavy atom. The molecule has 0 amide bonds. The number of ether oxygens (including phenoxy) is 1. The van der Waals surface area contributed by atoms with E-state index in [1.807, 2.05) is 0 Å². The van der Waals surface area contributed by atoms with Crippen LogP contribution in [0.2, 0.25) is 0 Å². The zero-order valence-corrected chi connectivity index (χ0v) is 22.3. The van der Waals surface area contributed by atoms with E-state index < -0.39 is 0 Å². The van der Waals surface area contributed by atoms with Crippen molar-refractivity contribution >= 4 is 0 Å². The Morgan fingerprint density at radius 2 is 0.879 bits per heavy atom. The third-order valence-corrected chi connectivity index (χ3v) is 6.36. The van der Waals surface area contributed by atoms with Gasteiger partial charge in [-0.15, -0.1) is 17.2 Å². The number of methoxy groups -OCH3 is 1. The van der Waals surface area contributed by atoms with E-state index in [2.05, 4.69) is 110 Å². The molecule has 0 N–H and O–H groups in total. The Kier molecular flexibility index (Phi) is 9.48. The van der Waals surface area contributed by atoms with Crippen LogP contribution in [0.5, 0.6) is 5.75 Å². The molecule has 0 unspecified atom stereocenters. The van der Waals surface area contributed by atoms with Gasteiger partial charge in [0.1, 0.15) is 0 Å². The number of hydrogen-bond donors (Lipinski definition) is 0. The molecule has 3 aromatic rings. The Hall–Kier alpha value is -1.94. The van der Waals surface area contributed by atoms with Crippen LogP contribution >= 0.6 is 0 Å². The van der Waals surface area contributed by atoms with Gasteiger partial charge >= 0.3 is 18.9 Å². The van der Waals surface area contributed by atoms with Gasteiger partial charge < -0.3 is 4.74 Å². The molecule has 0 aliphatic heterocycles. The molecule has 3 rings (SSSR count). The average Bonchev–Trinajstić information content (AvgIpc) is 2.77. The largest absolute Gasteiger partial charge is 1.00 e. The first-order valence-corrected chi connectivity index (χ1v) is 12.0. The van der Waals surface area contributed by atoms with Crippen LogP contribution in [-0.2, 0) is 0 Å². The summed E-state index contributed by atoms with van der Waals surface area (Å²) in [5, 5.41) is 0. The van der Waals surface area contributed by atoms with Crippen molar-refractivity contribution in [3.8, 4) is 28.0 Å². The molecule has 2 heteroatoms. The minimum atomic E-state index is 0. The van der Waals surface area contributed by atoms with Crippen LogP contribution in [0.3, 0.4) is 0 Å². The fourth-order valence-corrected chi connectivity index (χ4v) is 4.65. The summed E-state index contributed by atoms with van der Waals surface area (Å²) in [6.45, 7) is 18.2. The van der Waals surface area contributed by atoms with Crippen LogP contribution in [0, 0.1) is 6.07 Å². The van der Waals surface area contributed by atoms with E-state index in [9.17, 15) is 0 Å². The van der Waals surface area contributed by atoms with Crippen LogP contribution in [0.4, 0.5) is 0 Å². The maximum absolute atomic E-state index is 5.82. The van der Waals surface area contributed by atoms with Crippen LogP contribution in [0.1, 0.15) is 101 Å². The van der Waals surface area contributed by atoms with E-state index >= 15 is 0 Å². The fourth-order valence-electron chi connectivity index (χ4n) is 4.65. The van der Waals surface area contributed by atoms with Gasteiger partial charge in [0.05, 0.1) is 12.9 Å². The standard InChI is InChI=1S/C31H39O.Li/c1-19(2)26-12-10-13-27(20(3)4)30(26)23-16-24(18-25(17-23)32-9)31-28(21(5)6)14-11-15-29(31)22(7)8;/h10-15,17-22H,1-9H3;/q-1;+1. The molecule has 0 bridgehead atoms. The van der Waals surface area contributed by atoms with E-state index in [0.717, 1.165) is 16.9 Å². The van der Waals surface area contributed by atoms with E-state index in [1.165, 1.54) is 33.4 Å². The molecule has 170 valence electrons. The minimum absolute atomic E-state index is 0. The molecule has 0 radical (unpaired) electrons. The van der Waals surface area contributed by atoms with Gasteiger partial charge in [-0.3, -0.25) is 0 Å². The second-order valence-electron chi connectivity index (χ2n) is 10.1. The maximum atomic E-state index is 5.82.